The summed E-state index contributed by atoms with van der Waals surface area (Å²) in [5, 5.41) is 17.7. The van der Waals surface area contributed by atoms with Crippen LogP contribution in [0.5, 0.6) is 0 Å². The van der Waals surface area contributed by atoms with Crippen molar-refractivity contribution in [3.8, 4) is 16.8 Å². The largest absolute Gasteiger partial charge is 0.309 e. The second-order valence-electron chi connectivity index (χ2n) is 16.3. The van der Waals surface area contributed by atoms with Gasteiger partial charge >= 0.3 is 0 Å². The molecule has 0 amide bonds. The summed E-state index contributed by atoms with van der Waals surface area (Å²) in [6.07, 6.45) is 2.15. The third kappa shape index (κ3) is 3.56. The summed E-state index contributed by atoms with van der Waals surface area (Å²) in [4.78, 5) is 5.44. The Labute approximate surface area is 335 Å². The van der Waals surface area contributed by atoms with Gasteiger partial charge in [0.1, 0.15) is 5.65 Å². The van der Waals surface area contributed by atoms with Crippen LogP contribution in [0.25, 0.3) is 136 Å². The number of hydrogen-bond donors (Lipinski definition) is 0. The SMILES string of the molecule is c1ccc(-n2c3ccccc3c3cc(-c4cc5ccccc5c5c6cccc7c8c9c%10cccc%11c%12c%13ccccc%13ccc%12n(c9ncc8n(c45)c76)c%11%10)ccc32)cc1. The minimum atomic E-state index is 1.01. The van der Waals surface area contributed by atoms with Gasteiger partial charge in [0.05, 0.1) is 44.8 Å². The Hall–Kier alpha value is -7.95. The van der Waals surface area contributed by atoms with Crippen molar-refractivity contribution in [3.05, 3.63) is 182 Å². The lowest BCUT2D eigenvalue weighted by Crippen LogP contribution is -1.93. The average Bonchev–Trinajstić information content (AvgIpc) is 4.09. The molecule has 270 valence electrons. The van der Waals surface area contributed by atoms with Gasteiger partial charge in [-0.3, -0.25) is 4.40 Å². The molecule has 59 heavy (non-hydrogen) atoms. The molecule has 0 aliphatic rings. The second-order valence-corrected chi connectivity index (χ2v) is 16.3. The van der Waals surface area contributed by atoms with Crippen LogP contribution in [0, 0.1) is 0 Å². The normalized spacial score (nSPS) is 12.7. The first kappa shape index (κ1) is 30.2. The predicted molar refractivity (Wildman–Crippen MR) is 248 cm³/mol. The fourth-order valence-electron chi connectivity index (χ4n) is 11.2. The molecular weight excluding hydrogens is 717 g/mol. The molecule has 0 fully saturated rings. The van der Waals surface area contributed by atoms with Crippen LogP contribution in [0.1, 0.15) is 0 Å². The molecule has 6 aromatic heterocycles. The third-order valence-corrected chi connectivity index (χ3v) is 13.5. The maximum Gasteiger partial charge on any atom is 0.146 e. The molecule has 4 heteroatoms. The van der Waals surface area contributed by atoms with Gasteiger partial charge in [-0.05, 0) is 69.6 Å². The fraction of sp³-hybridized carbons (Fsp3) is 0. The fourth-order valence-corrected chi connectivity index (χ4v) is 11.2. The van der Waals surface area contributed by atoms with E-state index in [0.29, 0.717) is 0 Å². The van der Waals surface area contributed by atoms with Gasteiger partial charge < -0.3 is 8.97 Å². The van der Waals surface area contributed by atoms with E-state index in [1.807, 2.05) is 0 Å². The van der Waals surface area contributed by atoms with Crippen molar-refractivity contribution in [2.24, 2.45) is 0 Å². The van der Waals surface area contributed by atoms with Gasteiger partial charge in [-0.25, -0.2) is 4.98 Å². The van der Waals surface area contributed by atoms with Crippen LogP contribution < -0.4 is 0 Å². The lowest BCUT2D eigenvalue weighted by atomic mass is 9.94. The first-order valence-electron chi connectivity index (χ1n) is 20.4. The Kier molecular flexibility index (Phi) is 5.38. The number of rotatable bonds is 2. The lowest BCUT2D eigenvalue weighted by molar-refractivity contribution is 1.18. The highest BCUT2D eigenvalue weighted by Crippen LogP contribution is 2.50. The number of benzene rings is 9. The lowest BCUT2D eigenvalue weighted by Gasteiger charge is -2.11. The minimum Gasteiger partial charge on any atom is -0.309 e. The van der Waals surface area contributed by atoms with Gasteiger partial charge in [0.25, 0.3) is 0 Å². The third-order valence-electron chi connectivity index (χ3n) is 13.5. The highest BCUT2D eigenvalue weighted by molar-refractivity contribution is 6.38. The van der Waals surface area contributed by atoms with E-state index in [1.54, 1.807) is 0 Å². The summed E-state index contributed by atoms with van der Waals surface area (Å²) in [5.74, 6) is 0. The van der Waals surface area contributed by atoms with E-state index in [0.717, 1.165) is 11.2 Å². The molecule has 0 bridgehead atoms. The average molecular weight is 747 g/mol. The second kappa shape index (κ2) is 10.5. The quantitative estimate of drug-likeness (QED) is 0.173. The highest BCUT2D eigenvalue weighted by atomic mass is 15.0. The molecule has 0 saturated heterocycles. The molecule has 0 unspecified atom stereocenters. The number of fused-ring (bicyclic) bond motifs is 20. The molecule has 0 spiro atoms. The van der Waals surface area contributed by atoms with E-state index < -0.39 is 0 Å². The van der Waals surface area contributed by atoms with Gasteiger partial charge in [-0.2, -0.15) is 0 Å². The molecule has 0 atom stereocenters. The molecule has 15 rings (SSSR count). The first-order chi connectivity index (χ1) is 29.3. The number of hydrogen-bond acceptors (Lipinski definition) is 1. The van der Waals surface area contributed by atoms with Crippen molar-refractivity contribution in [3.63, 3.8) is 0 Å². The molecule has 0 saturated carbocycles. The van der Waals surface area contributed by atoms with E-state index in [4.69, 9.17) is 4.98 Å². The summed E-state index contributed by atoms with van der Waals surface area (Å²) < 4.78 is 7.36. The monoisotopic (exact) mass is 746 g/mol. The van der Waals surface area contributed by atoms with Gasteiger partial charge in [-0.1, -0.05) is 133 Å². The molecule has 9 aromatic carbocycles. The number of nitrogens with zero attached hydrogens (tertiary/aromatic N) is 4. The summed E-state index contributed by atoms with van der Waals surface area (Å²) in [6.45, 7) is 0. The zero-order valence-corrected chi connectivity index (χ0v) is 31.6. The first-order valence-corrected chi connectivity index (χ1v) is 20.4. The van der Waals surface area contributed by atoms with Crippen LogP contribution in [-0.4, -0.2) is 18.4 Å². The summed E-state index contributed by atoms with van der Waals surface area (Å²) in [5.41, 5.74) is 13.1. The predicted octanol–water partition coefficient (Wildman–Crippen LogP) is 14.5. The molecule has 15 aromatic rings. The van der Waals surface area contributed by atoms with Gasteiger partial charge in [0.15, 0.2) is 0 Å². The molecule has 0 aliphatic heterocycles. The van der Waals surface area contributed by atoms with Crippen molar-refractivity contribution in [1.29, 1.82) is 0 Å². The van der Waals surface area contributed by atoms with Gasteiger partial charge in [0.2, 0.25) is 0 Å². The van der Waals surface area contributed by atoms with Gasteiger partial charge in [0, 0.05) is 65.1 Å². The van der Waals surface area contributed by atoms with Crippen LogP contribution in [0.4, 0.5) is 0 Å². The van der Waals surface area contributed by atoms with E-state index >= 15 is 0 Å². The van der Waals surface area contributed by atoms with E-state index in [2.05, 4.69) is 195 Å². The van der Waals surface area contributed by atoms with Crippen LogP contribution in [0.3, 0.4) is 0 Å². The molecular formula is C55H30N4. The van der Waals surface area contributed by atoms with Crippen molar-refractivity contribution < 1.29 is 0 Å². The summed E-state index contributed by atoms with van der Waals surface area (Å²) >= 11 is 0. The maximum absolute atomic E-state index is 5.44. The Morgan fingerprint density at radius 1 is 0.339 bits per heavy atom. The number of pyridine rings is 1. The topological polar surface area (TPSA) is 26.6 Å². The summed E-state index contributed by atoms with van der Waals surface area (Å²) in [7, 11) is 0. The van der Waals surface area contributed by atoms with E-state index in [-0.39, 0.29) is 0 Å². The maximum atomic E-state index is 5.44. The molecule has 0 N–H and O–H groups in total. The van der Waals surface area contributed by atoms with Crippen molar-refractivity contribution >= 4 is 120 Å². The number of aromatic nitrogens is 4. The van der Waals surface area contributed by atoms with Crippen molar-refractivity contribution in [1.82, 2.24) is 18.4 Å². The van der Waals surface area contributed by atoms with Crippen LogP contribution >= 0.6 is 0 Å². The van der Waals surface area contributed by atoms with E-state index in [9.17, 15) is 0 Å². The van der Waals surface area contributed by atoms with Crippen molar-refractivity contribution in [2.45, 2.75) is 0 Å². The Bertz CT molecular complexity index is 4300. The van der Waals surface area contributed by atoms with Crippen LogP contribution in [-0.2, 0) is 0 Å². The Morgan fingerprint density at radius 2 is 0.949 bits per heavy atom. The smallest absolute Gasteiger partial charge is 0.146 e. The van der Waals surface area contributed by atoms with Gasteiger partial charge in [-0.15, -0.1) is 0 Å². The molecule has 0 aliphatic carbocycles. The molecule has 4 nitrogen and oxygen atoms in total. The van der Waals surface area contributed by atoms with Crippen LogP contribution in [0.15, 0.2) is 182 Å². The van der Waals surface area contributed by atoms with E-state index in [1.165, 1.54) is 125 Å². The summed E-state index contributed by atoms with van der Waals surface area (Å²) in [6, 6.07) is 64.9. The number of para-hydroxylation sites is 4. The van der Waals surface area contributed by atoms with Crippen molar-refractivity contribution in [2.75, 3.05) is 0 Å². The Morgan fingerprint density at radius 3 is 1.78 bits per heavy atom. The van der Waals surface area contributed by atoms with Crippen LogP contribution in [0.2, 0.25) is 0 Å². The minimum absolute atomic E-state index is 1.01. The molecule has 0 radical (unpaired) electrons. The zero-order valence-electron chi connectivity index (χ0n) is 31.6. The highest BCUT2D eigenvalue weighted by Gasteiger charge is 2.27. The standard InChI is InChI=1S/C55H30N4/c1-2-14-34(15-3-1)57-44-23-9-8-18-37(44)43-29-33(25-26-45(43)57)42-28-32-13-5-7-17-36(32)49-39-20-11-21-40-50-47(58(52(39)40)54(42)49)30-56-55-51(50)41-22-10-19-38-48-35-16-6-4-12-31(35)24-27-46(48)59(55)53(38)41/h1-30H. The Balaban J connectivity index is 1.10. The zero-order chi connectivity index (χ0) is 38.1. The molecule has 6 heterocycles.